The number of fused-ring (bicyclic) bond motifs is 1. The molecular formula is C16H13N3OS. The standard InChI is InChI=1S/C16H13N3OS/c17-8-10-3-1-4-11(7-10)12-5-2-6-14-15(12)21-9-13(18)16(20)19-14/h1-7,13H,9,18H2,(H,19,20). The summed E-state index contributed by atoms with van der Waals surface area (Å²) < 4.78 is 0. The van der Waals surface area contributed by atoms with E-state index in [0.29, 0.717) is 11.3 Å². The molecule has 2 aromatic rings. The largest absolute Gasteiger partial charge is 0.324 e. The van der Waals surface area contributed by atoms with Gasteiger partial charge in [0.2, 0.25) is 5.91 Å². The molecule has 1 amide bonds. The van der Waals surface area contributed by atoms with Crippen LogP contribution in [0, 0.1) is 11.3 Å². The van der Waals surface area contributed by atoms with Crippen LogP contribution in [-0.4, -0.2) is 17.7 Å². The lowest BCUT2D eigenvalue weighted by Gasteiger charge is -2.12. The molecule has 0 fully saturated rings. The highest BCUT2D eigenvalue weighted by atomic mass is 32.2. The maximum absolute atomic E-state index is 11.8. The van der Waals surface area contributed by atoms with Crippen molar-refractivity contribution in [3.05, 3.63) is 48.0 Å². The summed E-state index contributed by atoms with van der Waals surface area (Å²) in [5, 5.41) is 11.9. The molecule has 0 radical (unpaired) electrons. The van der Waals surface area contributed by atoms with Gasteiger partial charge in [-0.15, -0.1) is 11.8 Å². The van der Waals surface area contributed by atoms with E-state index >= 15 is 0 Å². The average Bonchev–Trinajstić information content (AvgIpc) is 2.66. The van der Waals surface area contributed by atoms with Crippen molar-refractivity contribution in [1.82, 2.24) is 0 Å². The Balaban J connectivity index is 2.11. The van der Waals surface area contributed by atoms with Gasteiger partial charge in [0.25, 0.3) is 0 Å². The van der Waals surface area contributed by atoms with Gasteiger partial charge >= 0.3 is 0 Å². The number of nitrogens with two attached hydrogens (primary N) is 1. The van der Waals surface area contributed by atoms with Crippen LogP contribution in [0.5, 0.6) is 0 Å². The summed E-state index contributed by atoms with van der Waals surface area (Å²) in [6.45, 7) is 0. The number of nitrogens with one attached hydrogen (secondary N) is 1. The van der Waals surface area contributed by atoms with Crippen molar-refractivity contribution in [2.45, 2.75) is 10.9 Å². The molecule has 1 atom stereocenters. The molecule has 4 nitrogen and oxygen atoms in total. The predicted molar refractivity (Wildman–Crippen MR) is 83.9 cm³/mol. The highest BCUT2D eigenvalue weighted by Gasteiger charge is 2.22. The Morgan fingerprint density at radius 3 is 2.90 bits per heavy atom. The van der Waals surface area contributed by atoms with Gasteiger partial charge in [0, 0.05) is 10.6 Å². The lowest BCUT2D eigenvalue weighted by atomic mass is 10.0. The van der Waals surface area contributed by atoms with E-state index < -0.39 is 6.04 Å². The smallest absolute Gasteiger partial charge is 0.242 e. The first-order chi connectivity index (χ1) is 10.2. The number of benzene rings is 2. The molecule has 1 aliphatic heterocycles. The van der Waals surface area contributed by atoms with E-state index in [4.69, 9.17) is 11.0 Å². The molecule has 104 valence electrons. The van der Waals surface area contributed by atoms with Crippen LogP contribution in [0.2, 0.25) is 0 Å². The number of nitrogens with zero attached hydrogens (tertiary/aromatic N) is 1. The third kappa shape index (κ3) is 2.64. The zero-order valence-corrected chi connectivity index (χ0v) is 12.0. The molecule has 21 heavy (non-hydrogen) atoms. The molecule has 3 N–H and O–H groups in total. The molecule has 1 heterocycles. The topological polar surface area (TPSA) is 78.9 Å². The third-order valence-electron chi connectivity index (χ3n) is 3.32. The second-order valence-corrected chi connectivity index (χ2v) is 5.81. The molecule has 2 aromatic carbocycles. The Hall–Kier alpha value is -2.29. The fourth-order valence-electron chi connectivity index (χ4n) is 2.25. The van der Waals surface area contributed by atoms with Gasteiger partial charge in [-0.2, -0.15) is 5.26 Å². The van der Waals surface area contributed by atoms with E-state index in [1.807, 2.05) is 36.4 Å². The molecule has 0 spiro atoms. The van der Waals surface area contributed by atoms with Crippen LogP contribution in [0.3, 0.4) is 0 Å². The molecule has 0 saturated carbocycles. The van der Waals surface area contributed by atoms with Gasteiger partial charge in [-0.05, 0) is 29.3 Å². The minimum absolute atomic E-state index is 0.163. The number of rotatable bonds is 1. The zero-order chi connectivity index (χ0) is 14.8. The summed E-state index contributed by atoms with van der Waals surface area (Å²) in [6, 6.07) is 14.8. The predicted octanol–water partition coefficient (Wildman–Crippen LogP) is 2.60. The van der Waals surface area contributed by atoms with Crippen molar-refractivity contribution < 1.29 is 4.79 Å². The van der Waals surface area contributed by atoms with Crippen molar-refractivity contribution >= 4 is 23.4 Å². The van der Waals surface area contributed by atoms with Gasteiger partial charge in [-0.1, -0.05) is 24.3 Å². The van der Waals surface area contributed by atoms with E-state index in [9.17, 15) is 4.79 Å². The number of carbonyl (C=O) groups is 1. The van der Waals surface area contributed by atoms with Crippen molar-refractivity contribution in [1.29, 1.82) is 5.26 Å². The van der Waals surface area contributed by atoms with Crippen LogP contribution in [0.4, 0.5) is 5.69 Å². The van der Waals surface area contributed by atoms with Gasteiger partial charge in [-0.3, -0.25) is 4.79 Å². The number of amides is 1. The van der Waals surface area contributed by atoms with E-state index in [1.54, 1.807) is 17.8 Å². The number of hydrogen-bond acceptors (Lipinski definition) is 4. The first-order valence-corrected chi connectivity index (χ1v) is 7.50. The summed E-state index contributed by atoms with van der Waals surface area (Å²) in [4.78, 5) is 12.8. The summed E-state index contributed by atoms with van der Waals surface area (Å²) in [5.41, 5.74) is 9.17. The Morgan fingerprint density at radius 1 is 1.29 bits per heavy atom. The summed E-state index contributed by atoms with van der Waals surface area (Å²) >= 11 is 1.57. The molecule has 5 heteroatoms. The van der Waals surface area contributed by atoms with Gasteiger partial charge in [0.15, 0.2) is 0 Å². The Bertz CT molecular complexity index is 751. The van der Waals surface area contributed by atoms with Gasteiger partial charge in [0.05, 0.1) is 23.4 Å². The summed E-state index contributed by atoms with van der Waals surface area (Å²) in [6.07, 6.45) is 0. The molecular weight excluding hydrogens is 282 g/mol. The number of hydrogen-bond donors (Lipinski definition) is 2. The molecule has 3 rings (SSSR count). The van der Waals surface area contributed by atoms with Crippen LogP contribution in [0.1, 0.15) is 5.56 Å². The second-order valence-electron chi connectivity index (χ2n) is 4.78. The van der Waals surface area contributed by atoms with E-state index in [2.05, 4.69) is 11.4 Å². The first-order valence-electron chi connectivity index (χ1n) is 6.52. The van der Waals surface area contributed by atoms with Gasteiger partial charge in [-0.25, -0.2) is 0 Å². The lowest BCUT2D eigenvalue weighted by molar-refractivity contribution is -0.116. The lowest BCUT2D eigenvalue weighted by Crippen LogP contribution is -2.36. The molecule has 0 bridgehead atoms. The molecule has 1 unspecified atom stereocenters. The van der Waals surface area contributed by atoms with Crippen LogP contribution >= 0.6 is 11.8 Å². The van der Waals surface area contributed by atoms with Gasteiger partial charge in [0.1, 0.15) is 0 Å². The monoisotopic (exact) mass is 295 g/mol. The summed E-state index contributed by atoms with van der Waals surface area (Å²) in [5.74, 6) is 0.373. The molecule has 0 aromatic heterocycles. The second kappa shape index (κ2) is 5.60. The molecule has 0 saturated heterocycles. The fourth-order valence-corrected chi connectivity index (χ4v) is 3.36. The fraction of sp³-hybridized carbons (Fsp3) is 0.125. The maximum Gasteiger partial charge on any atom is 0.242 e. The van der Waals surface area contributed by atoms with Crippen LogP contribution in [0.25, 0.3) is 11.1 Å². The van der Waals surface area contributed by atoms with E-state index in [1.165, 1.54) is 0 Å². The quantitative estimate of drug-likeness (QED) is 0.847. The highest BCUT2D eigenvalue weighted by molar-refractivity contribution is 7.99. The van der Waals surface area contributed by atoms with E-state index in [0.717, 1.165) is 21.7 Å². The number of nitriles is 1. The number of anilines is 1. The van der Waals surface area contributed by atoms with Crippen molar-refractivity contribution in [3.8, 4) is 17.2 Å². The van der Waals surface area contributed by atoms with Crippen molar-refractivity contribution in [2.24, 2.45) is 5.73 Å². The highest BCUT2D eigenvalue weighted by Crippen LogP contribution is 2.39. The Kier molecular flexibility index (Phi) is 3.65. The maximum atomic E-state index is 11.8. The average molecular weight is 295 g/mol. The minimum Gasteiger partial charge on any atom is -0.324 e. The number of thioether (sulfide) groups is 1. The summed E-state index contributed by atoms with van der Waals surface area (Å²) in [7, 11) is 0. The van der Waals surface area contributed by atoms with Crippen LogP contribution in [0.15, 0.2) is 47.4 Å². The zero-order valence-electron chi connectivity index (χ0n) is 11.2. The molecule has 1 aliphatic rings. The van der Waals surface area contributed by atoms with Crippen LogP contribution in [-0.2, 0) is 4.79 Å². The van der Waals surface area contributed by atoms with E-state index in [-0.39, 0.29) is 5.91 Å². The Labute approximate surface area is 127 Å². The van der Waals surface area contributed by atoms with Crippen molar-refractivity contribution in [2.75, 3.05) is 11.1 Å². The van der Waals surface area contributed by atoms with Crippen LogP contribution < -0.4 is 11.1 Å². The normalized spacial score (nSPS) is 17.3. The first kappa shape index (κ1) is 13.7. The van der Waals surface area contributed by atoms with Gasteiger partial charge < -0.3 is 11.1 Å². The number of carbonyl (C=O) groups excluding carboxylic acids is 1. The Morgan fingerprint density at radius 2 is 2.10 bits per heavy atom. The molecule has 0 aliphatic carbocycles. The SMILES string of the molecule is N#Cc1cccc(-c2cccc3c2SCC(N)C(=O)N3)c1. The third-order valence-corrected chi connectivity index (χ3v) is 4.57. The van der Waals surface area contributed by atoms with Crippen molar-refractivity contribution in [3.63, 3.8) is 0 Å². The minimum atomic E-state index is -0.513.